The van der Waals surface area contributed by atoms with E-state index >= 15 is 0 Å². The van der Waals surface area contributed by atoms with Crippen LogP contribution in [0.2, 0.25) is 5.02 Å². The van der Waals surface area contributed by atoms with Crippen LogP contribution in [-0.4, -0.2) is 36.2 Å². The minimum Gasteiger partial charge on any atom is -0.322 e. The Morgan fingerprint density at radius 3 is 2.34 bits per heavy atom. The molecule has 6 heteroatoms. The number of anilines is 1. The van der Waals surface area contributed by atoms with Crippen LogP contribution in [-0.2, 0) is 9.59 Å². The molecule has 3 saturated heterocycles. The number of aryl methyl sites for hydroxylation is 1. The van der Waals surface area contributed by atoms with Crippen LogP contribution in [0.4, 0.5) is 5.69 Å². The van der Waals surface area contributed by atoms with Crippen LogP contribution in [0.1, 0.15) is 28.8 Å². The van der Waals surface area contributed by atoms with Crippen molar-refractivity contribution < 1.29 is 19.3 Å². The second kappa shape index (κ2) is 6.78. The van der Waals surface area contributed by atoms with E-state index in [2.05, 4.69) is 0 Å². The van der Waals surface area contributed by atoms with Gasteiger partial charge >= 0.3 is 0 Å². The summed E-state index contributed by atoms with van der Waals surface area (Å²) in [5, 5.41) is 0.548. The van der Waals surface area contributed by atoms with Crippen LogP contribution in [0.25, 0.3) is 0 Å². The molecule has 0 bridgehead atoms. The molecule has 0 spiro atoms. The summed E-state index contributed by atoms with van der Waals surface area (Å²) in [7, 11) is 0. The highest BCUT2D eigenvalue weighted by Crippen LogP contribution is 2.40. The van der Waals surface area contributed by atoms with Gasteiger partial charge in [-0.25, -0.2) is 4.90 Å². The Hall–Kier alpha value is -2.50. The number of hydrogen-bond acceptors (Lipinski definition) is 3. The zero-order valence-corrected chi connectivity index (χ0v) is 16.9. The third-order valence-electron chi connectivity index (χ3n) is 6.75. The summed E-state index contributed by atoms with van der Waals surface area (Å²) in [6.45, 7) is 2.81. The van der Waals surface area contributed by atoms with Crippen LogP contribution in [0.15, 0.2) is 48.5 Å². The molecule has 3 heterocycles. The van der Waals surface area contributed by atoms with E-state index in [1.807, 2.05) is 31.2 Å². The standard InChI is InChI=1S/C23H21ClN2O3/c1-13-4-6-14(7-5-13)21(27)20-19-18(17-3-2-12-25(17)20)22(28)26(23(19)29)16-10-8-15(24)9-11-16/h4-11,17-20H,2-3,12H2,1H3/p+1/t17-,18-,19-,20+/m1/s1. The maximum absolute atomic E-state index is 13.5. The average molecular weight is 410 g/mol. The van der Waals surface area contributed by atoms with Gasteiger partial charge in [-0.2, -0.15) is 0 Å². The van der Waals surface area contributed by atoms with E-state index < -0.39 is 17.9 Å². The number of amides is 2. The molecule has 0 aromatic heterocycles. The lowest BCUT2D eigenvalue weighted by molar-refractivity contribution is -0.915. The average Bonchev–Trinajstić information content (AvgIpc) is 3.35. The number of benzene rings is 2. The molecule has 0 radical (unpaired) electrons. The number of nitrogens with zero attached hydrogens (tertiary/aromatic N) is 1. The van der Waals surface area contributed by atoms with Crippen LogP contribution >= 0.6 is 11.6 Å². The first-order chi connectivity index (χ1) is 14.0. The number of carbonyl (C=O) groups excluding carboxylic acids is 3. The lowest BCUT2D eigenvalue weighted by Crippen LogP contribution is -3.16. The molecule has 3 aliphatic heterocycles. The SMILES string of the molecule is Cc1ccc(C(=O)[C@@H]2[C@@H]3C(=O)N(c4ccc(Cl)cc4)C(=O)[C@@H]3[C@H]3CCC[NH+]32)cc1. The van der Waals surface area contributed by atoms with Crippen LogP contribution in [0.5, 0.6) is 0 Å². The second-order valence-corrected chi connectivity index (χ2v) is 8.76. The quantitative estimate of drug-likeness (QED) is 0.623. The van der Waals surface area contributed by atoms with E-state index in [0.717, 1.165) is 29.8 Å². The molecule has 5 nitrogen and oxygen atoms in total. The van der Waals surface area contributed by atoms with Crippen molar-refractivity contribution in [3.63, 3.8) is 0 Å². The highest BCUT2D eigenvalue weighted by Gasteiger charge is 2.68. The third-order valence-corrected chi connectivity index (χ3v) is 7.00. The summed E-state index contributed by atoms with van der Waals surface area (Å²) in [6, 6.07) is 13.8. The smallest absolute Gasteiger partial charge is 0.244 e. The maximum atomic E-state index is 13.5. The largest absolute Gasteiger partial charge is 0.322 e. The molecule has 2 aromatic carbocycles. The van der Waals surface area contributed by atoms with Crippen molar-refractivity contribution in [2.45, 2.75) is 31.8 Å². The summed E-state index contributed by atoms with van der Waals surface area (Å²) in [4.78, 5) is 42.6. The molecule has 5 atom stereocenters. The Labute approximate surface area is 174 Å². The van der Waals surface area contributed by atoms with Crippen LogP contribution in [0.3, 0.4) is 0 Å². The van der Waals surface area contributed by atoms with Gasteiger partial charge in [-0.1, -0.05) is 41.4 Å². The van der Waals surface area contributed by atoms with E-state index in [4.69, 9.17) is 11.6 Å². The first kappa shape index (κ1) is 18.5. The Kier molecular flexibility index (Phi) is 4.33. The van der Waals surface area contributed by atoms with Gasteiger partial charge in [0.1, 0.15) is 17.9 Å². The van der Waals surface area contributed by atoms with Crippen molar-refractivity contribution in [1.29, 1.82) is 0 Å². The summed E-state index contributed by atoms with van der Waals surface area (Å²) < 4.78 is 0. The molecule has 1 unspecified atom stereocenters. The summed E-state index contributed by atoms with van der Waals surface area (Å²) >= 11 is 5.97. The monoisotopic (exact) mass is 409 g/mol. The fraction of sp³-hybridized carbons (Fsp3) is 0.348. The van der Waals surface area contributed by atoms with E-state index in [9.17, 15) is 14.4 Å². The highest BCUT2D eigenvalue weighted by molar-refractivity contribution is 6.31. The number of rotatable bonds is 3. The molecule has 0 aliphatic carbocycles. The van der Waals surface area contributed by atoms with E-state index in [1.54, 1.807) is 24.3 Å². The summed E-state index contributed by atoms with van der Waals surface area (Å²) in [6.07, 6.45) is 1.85. The predicted molar refractivity (Wildman–Crippen MR) is 109 cm³/mol. The van der Waals surface area contributed by atoms with E-state index in [1.165, 1.54) is 4.90 Å². The van der Waals surface area contributed by atoms with Crippen molar-refractivity contribution in [1.82, 2.24) is 0 Å². The van der Waals surface area contributed by atoms with Crippen molar-refractivity contribution in [2.75, 3.05) is 11.4 Å². The Morgan fingerprint density at radius 2 is 1.66 bits per heavy atom. The Morgan fingerprint density at radius 1 is 1.00 bits per heavy atom. The molecule has 29 heavy (non-hydrogen) atoms. The van der Waals surface area contributed by atoms with Gasteiger partial charge in [0.2, 0.25) is 17.6 Å². The summed E-state index contributed by atoms with van der Waals surface area (Å²) in [5.41, 5.74) is 2.22. The number of carbonyl (C=O) groups is 3. The highest BCUT2D eigenvalue weighted by atomic mass is 35.5. The fourth-order valence-corrected chi connectivity index (χ4v) is 5.61. The Bertz CT molecular complexity index is 1000. The lowest BCUT2D eigenvalue weighted by Gasteiger charge is -2.25. The number of halogens is 1. The van der Waals surface area contributed by atoms with Crippen molar-refractivity contribution in [3.8, 4) is 0 Å². The molecule has 148 valence electrons. The number of Topliss-reactive ketones (excluding diaryl/α,β-unsaturated/α-hetero) is 1. The molecule has 5 rings (SSSR count). The van der Waals surface area contributed by atoms with Gasteiger partial charge in [0.15, 0.2) is 6.04 Å². The predicted octanol–water partition coefficient (Wildman–Crippen LogP) is 2.07. The molecule has 3 aliphatic rings. The van der Waals surface area contributed by atoms with Crippen LogP contribution < -0.4 is 9.80 Å². The summed E-state index contributed by atoms with van der Waals surface area (Å²) in [5.74, 6) is -1.47. The number of fused-ring (bicyclic) bond motifs is 3. The van der Waals surface area contributed by atoms with Crippen LogP contribution in [0, 0.1) is 18.8 Å². The zero-order valence-electron chi connectivity index (χ0n) is 16.1. The Balaban J connectivity index is 1.54. The number of nitrogens with one attached hydrogen (secondary N) is 1. The van der Waals surface area contributed by atoms with Gasteiger partial charge in [0.05, 0.1) is 12.2 Å². The number of imide groups is 1. The number of quaternary nitrogens is 1. The molecular formula is C23H22ClN2O3+. The van der Waals surface area contributed by atoms with Gasteiger partial charge in [-0.15, -0.1) is 0 Å². The van der Waals surface area contributed by atoms with Gasteiger partial charge in [-0.3, -0.25) is 14.4 Å². The van der Waals surface area contributed by atoms with Gasteiger partial charge in [0.25, 0.3) is 0 Å². The normalized spacial score (nSPS) is 30.6. The van der Waals surface area contributed by atoms with E-state index in [0.29, 0.717) is 16.3 Å². The van der Waals surface area contributed by atoms with Gasteiger partial charge < -0.3 is 4.90 Å². The minimum atomic E-state index is -0.590. The van der Waals surface area contributed by atoms with E-state index in [-0.39, 0.29) is 23.6 Å². The molecule has 1 N–H and O–H groups in total. The van der Waals surface area contributed by atoms with Gasteiger partial charge in [0, 0.05) is 23.4 Å². The second-order valence-electron chi connectivity index (χ2n) is 8.32. The first-order valence-corrected chi connectivity index (χ1v) is 10.4. The fourth-order valence-electron chi connectivity index (χ4n) is 5.48. The van der Waals surface area contributed by atoms with Crippen molar-refractivity contribution in [3.05, 3.63) is 64.7 Å². The number of ketones is 1. The topological polar surface area (TPSA) is 58.9 Å². The van der Waals surface area contributed by atoms with Gasteiger partial charge in [-0.05, 0) is 31.2 Å². The zero-order chi connectivity index (χ0) is 20.3. The minimum absolute atomic E-state index is 0.0292. The maximum Gasteiger partial charge on any atom is 0.244 e. The molecule has 0 saturated carbocycles. The lowest BCUT2D eigenvalue weighted by atomic mass is 9.85. The molecule has 2 amide bonds. The molecule has 2 aromatic rings. The molecule has 3 fully saturated rings. The first-order valence-electron chi connectivity index (χ1n) is 10.1. The van der Waals surface area contributed by atoms with Crippen molar-refractivity contribution >= 4 is 34.9 Å². The number of hydrogen-bond donors (Lipinski definition) is 1. The molecular weight excluding hydrogens is 388 g/mol. The van der Waals surface area contributed by atoms with Crippen molar-refractivity contribution in [2.24, 2.45) is 11.8 Å². The third kappa shape index (κ3) is 2.75.